The van der Waals surface area contributed by atoms with Crippen LogP contribution in [0, 0.1) is 0 Å². The lowest BCUT2D eigenvalue weighted by Crippen LogP contribution is -2.41. The van der Waals surface area contributed by atoms with Gasteiger partial charge in [0.15, 0.2) is 0 Å². The third kappa shape index (κ3) is 6.94. The minimum Gasteiger partial charge on any atom is -0.348 e. The smallest absolute Gasteiger partial charge is 0.246 e. The van der Waals surface area contributed by atoms with Gasteiger partial charge in [-0.3, -0.25) is 15.0 Å². The van der Waals surface area contributed by atoms with Gasteiger partial charge in [0.1, 0.15) is 0 Å². The van der Waals surface area contributed by atoms with Gasteiger partial charge in [0, 0.05) is 22.2 Å². The van der Waals surface area contributed by atoms with Crippen LogP contribution in [-0.4, -0.2) is 17.4 Å². The summed E-state index contributed by atoms with van der Waals surface area (Å²) < 4.78 is 0. The highest BCUT2D eigenvalue weighted by molar-refractivity contribution is 7.10. The van der Waals surface area contributed by atoms with Crippen molar-refractivity contribution in [1.82, 2.24) is 16.2 Å². The van der Waals surface area contributed by atoms with E-state index in [0.717, 1.165) is 4.88 Å². The predicted octanol–water partition coefficient (Wildman–Crippen LogP) is 1.73. The molecule has 0 saturated heterocycles. The number of hydrazine groups is 1. The first kappa shape index (κ1) is 16.2. The van der Waals surface area contributed by atoms with Crippen LogP contribution in [0.5, 0.6) is 0 Å². The van der Waals surface area contributed by atoms with Crippen molar-refractivity contribution in [2.24, 2.45) is 0 Å². The maximum atomic E-state index is 11.6. The summed E-state index contributed by atoms with van der Waals surface area (Å²) in [5.74, 6) is -0.341. The molecule has 0 saturated carbocycles. The molecule has 0 aliphatic carbocycles. The molecule has 0 atom stereocenters. The Bertz CT molecular complexity index is 487. The van der Waals surface area contributed by atoms with E-state index < -0.39 is 0 Å². The molecule has 3 N–H and O–H groups in total. The summed E-state index contributed by atoms with van der Waals surface area (Å²) in [4.78, 5) is 24.3. The second-order valence-corrected chi connectivity index (χ2v) is 6.53. The van der Waals surface area contributed by atoms with Crippen molar-refractivity contribution < 1.29 is 9.59 Å². The molecule has 0 aromatic carbocycles. The molecule has 0 aliphatic rings. The van der Waals surface area contributed by atoms with Crippen LogP contribution in [0.4, 0.5) is 0 Å². The highest BCUT2D eigenvalue weighted by Crippen LogP contribution is 2.08. The zero-order chi connectivity index (χ0) is 15.2. The Morgan fingerprint density at radius 1 is 1.30 bits per heavy atom. The van der Waals surface area contributed by atoms with E-state index in [-0.39, 0.29) is 17.4 Å². The summed E-state index contributed by atoms with van der Waals surface area (Å²) in [5.41, 5.74) is 5.57. The number of allylic oxidation sites excluding steroid dienone is 1. The first-order chi connectivity index (χ1) is 9.26. The molecule has 1 heterocycles. The van der Waals surface area contributed by atoms with Crippen LogP contribution < -0.4 is 16.2 Å². The van der Waals surface area contributed by atoms with Gasteiger partial charge >= 0.3 is 0 Å². The van der Waals surface area contributed by atoms with E-state index in [2.05, 4.69) is 16.2 Å². The fraction of sp³-hybridized carbons (Fsp3) is 0.429. The molecular formula is C14H21N3O2S. The van der Waals surface area contributed by atoms with E-state index in [1.54, 1.807) is 6.92 Å². The van der Waals surface area contributed by atoms with Crippen LogP contribution in [0.25, 0.3) is 0 Å². The zero-order valence-corrected chi connectivity index (χ0v) is 13.1. The second-order valence-electron chi connectivity index (χ2n) is 5.50. The number of rotatable bonds is 5. The lowest BCUT2D eigenvalue weighted by atomic mass is 10.1. The third-order valence-electron chi connectivity index (χ3n) is 2.16. The van der Waals surface area contributed by atoms with Gasteiger partial charge in [-0.15, -0.1) is 11.3 Å². The lowest BCUT2D eigenvalue weighted by Gasteiger charge is -2.19. The number of hydrogen-bond donors (Lipinski definition) is 3. The molecule has 6 heteroatoms. The maximum Gasteiger partial charge on any atom is 0.246 e. The number of thiophene rings is 1. The number of hydrogen-bond acceptors (Lipinski definition) is 4. The van der Waals surface area contributed by atoms with E-state index in [1.807, 2.05) is 38.3 Å². The molecule has 0 bridgehead atoms. The SMILES string of the molecule is CC(=CC(=O)NC(C)(C)C)NNC(=O)Cc1cccs1. The highest BCUT2D eigenvalue weighted by Gasteiger charge is 2.12. The second kappa shape index (κ2) is 7.09. The molecule has 2 amide bonds. The molecule has 1 aromatic heterocycles. The summed E-state index contributed by atoms with van der Waals surface area (Å²) in [5, 5.41) is 4.74. The van der Waals surface area contributed by atoms with E-state index >= 15 is 0 Å². The van der Waals surface area contributed by atoms with Crippen LogP contribution >= 0.6 is 11.3 Å². The average Bonchev–Trinajstić information content (AvgIpc) is 2.76. The Morgan fingerprint density at radius 3 is 2.55 bits per heavy atom. The van der Waals surface area contributed by atoms with Gasteiger partial charge in [0.25, 0.3) is 0 Å². The molecule has 0 aliphatic heterocycles. The Kier molecular flexibility index (Phi) is 5.76. The van der Waals surface area contributed by atoms with E-state index in [0.29, 0.717) is 12.1 Å². The van der Waals surface area contributed by atoms with Gasteiger partial charge in [-0.25, -0.2) is 0 Å². The summed E-state index contributed by atoms with van der Waals surface area (Å²) >= 11 is 1.54. The molecule has 0 unspecified atom stereocenters. The van der Waals surface area contributed by atoms with Gasteiger partial charge in [0.2, 0.25) is 11.8 Å². The molecular weight excluding hydrogens is 274 g/mol. The summed E-state index contributed by atoms with van der Waals surface area (Å²) in [6.45, 7) is 7.44. The quantitative estimate of drug-likeness (QED) is 0.572. The van der Waals surface area contributed by atoms with Crippen LogP contribution in [0.3, 0.4) is 0 Å². The van der Waals surface area contributed by atoms with E-state index in [1.165, 1.54) is 17.4 Å². The van der Waals surface area contributed by atoms with Crippen molar-refractivity contribution in [1.29, 1.82) is 0 Å². The Morgan fingerprint density at radius 2 is 2.00 bits per heavy atom. The predicted molar refractivity (Wildman–Crippen MR) is 81.0 cm³/mol. The normalized spacial score (nSPS) is 11.9. The first-order valence-corrected chi connectivity index (χ1v) is 7.22. The van der Waals surface area contributed by atoms with Crippen LogP contribution in [-0.2, 0) is 16.0 Å². The molecule has 5 nitrogen and oxygen atoms in total. The number of nitrogens with one attached hydrogen (secondary N) is 3. The standard InChI is InChI=1S/C14H21N3O2S/c1-10(8-12(18)15-14(2,3)4)16-17-13(19)9-11-6-5-7-20-11/h5-8,16H,9H2,1-4H3,(H,15,18)(H,17,19). The number of amides is 2. The third-order valence-corrected chi connectivity index (χ3v) is 3.04. The topological polar surface area (TPSA) is 70.2 Å². The van der Waals surface area contributed by atoms with Crippen molar-refractivity contribution in [2.75, 3.05) is 0 Å². The van der Waals surface area contributed by atoms with Crippen molar-refractivity contribution in [3.05, 3.63) is 34.2 Å². The van der Waals surface area contributed by atoms with Gasteiger partial charge in [0.05, 0.1) is 6.42 Å². The number of carbonyl (C=O) groups is 2. The van der Waals surface area contributed by atoms with Gasteiger partial charge < -0.3 is 10.7 Å². The first-order valence-electron chi connectivity index (χ1n) is 6.34. The number of carbonyl (C=O) groups excluding carboxylic acids is 2. The molecule has 0 spiro atoms. The highest BCUT2D eigenvalue weighted by atomic mass is 32.1. The van der Waals surface area contributed by atoms with Crippen molar-refractivity contribution in [3.8, 4) is 0 Å². The van der Waals surface area contributed by atoms with Gasteiger partial charge in [-0.2, -0.15) is 0 Å². The van der Waals surface area contributed by atoms with Gasteiger partial charge in [-0.05, 0) is 39.1 Å². The molecule has 20 heavy (non-hydrogen) atoms. The average molecular weight is 295 g/mol. The van der Waals surface area contributed by atoms with Gasteiger partial charge in [-0.1, -0.05) is 6.07 Å². The Hall–Kier alpha value is -1.82. The zero-order valence-electron chi connectivity index (χ0n) is 12.2. The lowest BCUT2D eigenvalue weighted by molar-refractivity contribution is -0.121. The minimum absolute atomic E-state index is 0.142. The van der Waals surface area contributed by atoms with E-state index in [4.69, 9.17) is 0 Å². The van der Waals surface area contributed by atoms with E-state index in [9.17, 15) is 9.59 Å². The fourth-order valence-electron chi connectivity index (χ4n) is 1.42. The Labute approximate surface area is 123 Å². The monoisotopic (exact) mass is 295 g/mol. The molecule has 1 rings (SSSR count). The van der Waals surface area contributed by atoms with Crippen molar-refractivity contribution in [3.63, 3.8) is 0 Å². The maximum absolute atomic E-state index is 11.6. The van der Waals surface area contributed by atoms with Crippen LogP contribution in [0.2, 0.25) is 0 Å². The molecule has 1 aromatic rings. The molecule has 110 valence electrons. The Balaban J connectivity index is 2.36. The minimum atomic E-state index is -0.281. The van der Waals surface area contributed by atoms with Crippen molar-refractivity contribution >= 4 is 23.2 Å². The summed E-state index contributed by atoms with van der Waals surface area (Å²) in [6, 6.07) is 3.81. The summed E-state index contributed by atoms with van der Waals surface area (Å²) in [6.07, 6.45) is 1.74. The van der Waals surface area contributed by atoms with Crippen LogP contribution in [0.15, 0.2) is 29.3 Å². The van der Waals surface area contributed by atoms with Crippen molar-refractivity contribution in [2.45, 2.75) is 39.7 Å². The summed E-state index contributed by atoms with van der Waals surface area (Å²) in [7, 11) is 0. The van der Waals surface area contributed by atoms with Crippen LogP contribution in [0.1, 0.15) is 32.6 Å². The largest absolute Gasteiger partial charge is 0.348 e. The molecule has 0 radical (unpaired) electrons. The molecule has 0 fully saturated rings. The fourth-order valence-corrected chi connectivity index (χ4v) is 2.13.